The predicted molar refractivity (Wildman–Crippen MR) is 107 cm³/mol. The van der Waals surface area contributed by atoms with Crippen LogP contribution in [0, 0.1) is 17.6 Å². The molecule has 1 unspecified atom stereocenters. The zero-order chi connectivity index (χ0) is 19.4. The minimum Gasteiger partial charge on any atom is -0.371 e. The summed E-state index contributed by atoms with van der Waals surface area (Å²) in [5, 5.41) is 3.14. The van der Waals surface area contributed by atoms with Crippen LogP contribution in [0.2, 0.25) is 0 Å². The van der Waals surface area contributed by atoms with E-state index in [0.717, 1.165) is 25.2 Å². The molecule has 0 spiro atoms. The summed E-state index contributed by atoms with van der Waals surface area (Å²) in [5.74, 6) is -0.459. The molecule has 27 heavy (non-hydrogen) atoms. The Hall–Kier alpha value is -2.63. The van der Waals surface area contributed by atoms with Gasteiger partial charge in [0.2, 0.25) is 0 Å². The van der Waals surface area contributed by atoms with Crippen molar-refractivity contribution < 1.29 is 8.78 Å². The highest BCUT2D eigenvalue weighted by atomic mass is 19.2. The Morgan fingerprint density at radius 2 is 2.04 bits per heavy atom. The molecule has 0 aromatic heterocycles. The molecular formula is C21H26F2N4. The van der Waals surface area contributed by atoms with Crippen LogP contribution in [0.15, 0.2) is 47.5 Å². The highest BCUT2D eigenvalue weighted by molar-refractivity contribution is 5.92. The SMILES string of the molecule is CC(C)c1cccc(NC(N)=NCC2CCN(c3ccc(F)c(F)c3)C2)c1. The molecule has 3 N–H and O–H groups in total. The molecule has 0 aliphatic carbocycles. The molecule has 2 aromatic rings. The fraction of sp³-hybridized carbons (Fsp3) is 0.381. The molecule has 3 rings (SSSR count). The van der Waals surface area contributed by atoms with Crippen LogP contribution in [-0.2, 0) is 0 Å². The quantitative estimate of drug-likeness (QED) is 0.606. The van der Waals surface area contributed by atoms with Crippen molar-refractivity contribution in [2.45, 2.75) is 26.2 Å². The van der Waals surface area contributed by atoms with Gasteiger partial charge in [-0.05, 0) is 48.1 Å². The van der Waals surface area contributed by atoms with E-state index < -0.39 is 11.6 Å². The topological polar surface area (TPSA) is 53.6 Å². The lowest BCUT2D eigenvalue weighted by atomic mass is 10.0. The minimum atomic E-state index is -0.820. The predicted octanol–water partition coefficient (Wildman–Crippen LogP) is 4.34. The van der Waals surface area contributed by atoms with Gasteiger partial charge < -0.3 is 16.0 Å². The number of benzene rings is 2. The molecule has 6 heteroatoms. The fourth-order valence-corrected chi connectivity index (χ4v) is 3.29. The van der Waals surface area contributed by atoms with Gasteiger partial charge in [0.15, 0.2) is 17.6 Å². The van der Waals surface area contributed by atoms with Crippen molar-refractivity contribution in [1.29, 1.82) is 0 Å². The monoisotopic (exact) mass is 372 g/mol. The number of nitrogens with two attached hydrogens (primary N) is 1. The van der Waals surface area contributed by atoms with E-state index in [-0.39, 0.29) is 0 Å². The number of aliphatic imine (C=N–C) groups is 1. The third-order valence-corrected chi connectivity index (χ3v) is 4.90. The van der Waals surface area contributed by atoms with E-state index in [1.54, 1.807) is 6.07 Å². The maximum Gasteiger partial charge on any atom is 0.193 e. The zero-order valence-electron chi connectivity index (χ0n) is 15.8. The Balaban J connectivity index is 1.55. The van der Waals surface area contributed by atoms with Crippen LogP contribution in [0.4, 0.5) is 20.2 Å². The van der Waals surface area contributed by atoms with E-state index in [2.05, 4.69) is 41.2 Å². The van der Waals surface area contributed by atoms with Gasteiger partial charge in [-0.3, -0.25) is 4.99 Å². The molecule has 1 aliphatic rings. The van der Waals surface area contributed by atoms with Crippen LogP contribution in [-0.4, -0.2) is 25.6 Å². The lowest BCUT2D eigenvalue weighted by molar-refractivity contribution is 0.508. The van der Waals surface area contributed by atoms with Gasteiger partial charge in [0.1, 0.15) is 0 Å². The van der Waals surface area contributed by atoms with E-state index in [1.165, 1.54) is 17.7 Å². The molecule has 4 nitrogen and oxygen atoms in total. The molecule has 1 fully saturated rings. The molecule has 0 saturated carbocycles. The molecule has 1 atom stereocenters. The first-order valence-electron chi connectivity index (χ1n) is 9.29. The van der Waals surface area contributed by atoms with Crippen molar-refractivity contribution in [3.05, 3.63) is 59.7 Å². The third kappa shape index (κ3) is 4.96. The van der Waals surface area contributed by atoms with Crippen LogP contribution in [0.25, 0.3) is 0 Å². The van der Waals surface area contributed by atoms with Gasteiger partial charge in [-0.25, -0.2) is 8.78 Å². The Kier molecular flexibility index (Phi) is 5.94. The van der Waals surface area contributed by atoms with Gasteiger partial charge >= 0.3 is 0 Å². The van der Waals surface area contributed by atoms with E-state index in [1.807, 2.05) is 12.1 Å². The minimum absolute atomic E-state index is 0.334. The Morgan fingerprint density at radius 1 is 1.22 bits per heavy atom. The molecule has 2 aromatic carbocycles. The van der Waals surface area contributed by atoms with E-state index >= 15 is 0 Å². The lowest BCUT2D eigenvalue weighted by Crippen LogP contribution is -2.25. The number of anilines is 2. The van der Waals surface area contributed by atoms with Crippen LogP contribution < -0.4 is 16.0 Å². The first kappa shape index (κ1) is 19.1. The summed E-state index contributed by atoms with van der Waals surface area (Å²) in [6.07, 6.45) is 0.943. The van der Waals surface area contributed by atoms with Crippen molar-refractivity contribution >= 4 is 17.3 Å². The first-order chi connectivity index (χ1) is 12.9. The second kappa shape index (κ2) is 8.37. The van der Waals surface area contributed by atoms with Gasteiger partial charge in [0, 0.05) is 37.1 Å². The van der Waals surface area contributed by atoms with Crippen molar-refractivity contribution in [2.75, 3.05) is 29.9 Å². The van der Waals surface area contributed by atoms with Crippen molar-refractivity contribution in [1.82, 2.24) is 0 Å². The average molecular weight is 372 g/mol. The van der Waals surface area contributed by atoms with E-state index in [4.69, 9.17) is 5.73 Å². The fourth-order valence-electron chi connectivity index (χ4n) is 3.29. The smallest absolute Gasteiger partial charge is 0.193 e. The summed E-state index contributed by atoms with van der Waals surface area (Å²) in [6, 6.07) is 12.2. The second-order valence-corrected chi connectivity index (χ2v) is 7.33. The van der Waals surface area contributed by atoms with Crippen molar-refractivity contribution in [3.8, 4) is 0 Å². The van der Waals surface area contributed by atoms with Crippen LogP contribution in [0.1, 0.15) is 31.7 Å². The van der Waals surface area contributed by atoms with E-state index in [0.29, 0.717) is 30.0 Å². The maximum absolute atomic E-state index is 13.4. The Labute approximate surface area is 159 Å². The van der Waals surface area contributed by atoms with Crippen molar-refractivity contribution in [2.24, 2.45) is 16.6 Å². The summed E-state index contributed by atoms with van der Waals surface area (Å²) in [4.78, 5) is 6.51. The van der Waals surface area contributed by atoms with Crippen LogP contribution >= 0.6 is 0 Å². The van der Waals surface area contributed by atoms with Crippen LogP contribution in [0.3, 0.4) is 0 Å². The zero-order valence-corrected chi connectivity index (χ0v) is 15.8. The number of halogens is 2. The van der Waals surface area contributed by atoms with Crippen LogP contribution in [0.5, 0.6) is 0 Å². The standard InChI is InChI=1S/C21H26F2N4/c1-14(2)16-4-3-5-17(10-16)26-21(24)25-12-15-8-9-27(13-15)18-6-7-19(22)20(23)11-18/h3-7,10-11,14-15H,8-9,12-13H2,1-2H3,(H3,24,25,26). The maximum atomic E-state index is 13.4. The summed E-state index contributed by atoms with van der Waals surface area (Å²) in [7, 11) is 0. The van der Waals surface area contributed by atoms with Gasteiger partial charge in [0.25, 0.3) is 0 Å². The van der Waals surface area contributed by atoms with Gasteiger partial charge in [-0.2, -0.15) is 0 Å². The molecule has 144 valence electrons. The largest absolute Gasteiger partial charge is 0.371 e. The number of nitrogens with zero attached hydrogens (tertiary/aromatic N) is 2. The van der Waals surface area contributed by atoms with E-state index in [9.17, 15) is 8.78 Å². The Bertz CT molecular complexity index is 820. The third-order valence-electron chi connectivity index (χ3n) is 4.90. The highest BCUT2D eigenvalue weighted by Crippen LogP contribution is 2.25. The number of rotatable bonds is 5. The van der Waals surface area contributed by atoms with Crippen molar-refractivity contribution in [3.63, 3.8) is 0 Å². The number of hydrogen-bond donors (Lipinski definition) is 2. The summed E-state index contributed by atoms with van der Waals surface area (Å²) >= 11 is 0. The second-order valence-electron chi connectivity index (χ2n) is 7.33. The lowest BCUT2D eigenvalue weighted by Gasteiger charge is -2.18. The van der Waals surface area contributed by atoms with Gasteiger partial charge in [-0.15, -0.1) is 0 Å². The van der Waals surface area contributed by atoms with Gasteiger partial charge in [-0.1, -0.05) is 26.0 Å². The molecule has 1 aliphatic heterocycles. The normalized spacial score (nSPS) is 17.6. The average Bonchev–Trinajstić information content (AvgIpc) is 3.11. The number of nitrogens with one attached hydrogen (secondary N) is 1. The summed E-state index contributed by atoms with van der Waals surface area (Å²) < 4.78 is 26.5. The molecule has 1 saturated heterocycles. The summed E-state index contributed by atoms with van der Waals surface area (Å²) in [5.41, 5.74) is 8.90. The van der Waals surface area contributed by atoms with Gasteiger partial charge in [0.05, 0.1) is 0 Å². The first-order valence-corrected chi connectivity index (χ1v) is 9.29. The molecule has 1 heterocycles. The number of guanidine groups is 1. The molecular weight excluding hydrogens is 346 g/mol. The summed E-state index contributed by atoms with van der Waals surface area (Å²) in [6.45, 7) is 6.45. The Morgan fingerprint density at radius 3 is 2.78 bits per heavy atom. The molecule has 0 radical (unpaired) electrons. The molecule has 0 bridgehead atoms. The molecule has 0 amide bonds. The highest BCUT2D eigenvalue weighted by Gasteiger charge is 2.23. The number of hydrogen-bond acceptors (Lipinski definition) is 2.